The molecular formula is C20H22N2O6. The smallest absolute Gasteiger partial charge is 0.335 e. The molecular weight excluding hydrogens is 364 g/mol. The molecule has 0 fully saturated rings. The maximum absolute atomic E-state index is 12.7. The number of hydrogen-bond donors (Lipinski definition) is 2. The summed E-state index contributed by atoms with van der Waals surface area (Å²) in [7, 11) is 4.42. The highest BCUT2D eigenvalue weighted by atomic mass is 16.5. The Hall–Kier alpha value is -3.55. The molecule has 0 saturated carbocycles. The van der Waals surface area contributed by atoms with Gasteiger partial charge in [-0.3, -0.25) is 9.59 Å². The van der Waals surface area contributed by atoms with Gasteiger partial charge in [-0.15, -0.1) is 0 Å². The van der Waals surface area contributed by atoms with Crippen LogP contribution in [0.15, 0.2) is 36.4 Å². The van der Waals surface area contributed by atoms with Crippen LogP contribution in [0.1, 0.15) is 38.0 Å². The van der Waals surface area contributed by atoms with Crippen molar-refractivity contribution in [3.8, 4) is 11.5 Å². The van der Waals surface area contributed by atoms with Crippen LogP contribution in [0.3, 0.4) is 0 Å². The van der Waals surface area contributed by atoms with Crippen LogP contribution in [0, 0.1) is 0 Å². The van der Waals surface area contributed by atoms with Crippen molar-refractivity contribution < 1.29 is 29.0 Å². The standard InChI is InChI=1S/C20H22N2O6/c1-5-22(2)19(24)13-8-6-7-12(9-13)18(23)21-15-10-14(20(25)26)11-16(27-3)17(15)28-4/h6-11H,5H2,1-4H3,(H,21,23)(H,25,26). The van der Waals surface area contributed by atoms with E-state index in [9.17, 15) is 19.5 Å². The van der Waals surface area contributed by atoms with Gasteiger partial charge in [0.1, 0.15) is 0 Å². The molecule has 0 heterocycles. The maximum atomic E-state index is 12.7. The normalized spacial score (nSPS) is 10.1. The third-order valence-electron chi connectivity index (χ3n) is 4.17. The molecule has 0 atom stereocenters. The van der Waals surface area contributed by atoms with Crippen molar-refractivity contribution in [3.05, 3.63) is 53.1 Å². The van der Waals surface area contributed by atoms with E-state index in [1.165, 1.54) is 37.3 Å². The van der Waals surface area contributed by atoms with Crippen LogP contribution in [0.2, 0.25) is 0 Å². The summed E-state index contributed by atoms with van der Waals surface area (Å²) in [6.07, 6.45) is 0. The minimum Gasteiger partial charge on any atom is -0.493 e. The van der Waals surface area contributed by atoms with Gasteiger partial charge in [0, 0.05) is 24.7 Å². The third kappa shape index (κ3) is 4.40. The van der Waals surface area contributed by atoms with Crippen LogP contribution < -0.4 is 14.8 Å². The van der Waals surface area contributed by atoms with Crippen molar-refractivity contribution >= 4 is 23.5 Å². The van der Waals surface area contributed by atoms with Gasteiger partial charge in [0.15, 0.2) is 11.5 Å². The predicted octanol–water partition coefficient (Wildman–Crippen LogP) is 2.75. The van der Waals surface area contributed by atoms with E-state index in [1.54, 1.807) is 25.2 Å². The summed E-state index contributed by atoms with van der Waals surface area (Å²) in [6.45, 7) is 2.39. The number of carboxylic acids is 1. The number of nitrogens with one attached hydrogen (secondary N) is 1. The molecule has 0 aliphatic heterocycles. The Bertz CT molecular complexity index is 910. The SMILES string of the molecule is CCN(C)C(=O)c1cccc(C(=O)Nc2cc(C(=O)O)cc(OC)c2OC)c1. The molecule has 8 nitrogen and oxygen atoms in total. The third-order valence-corrected chi connectivity index (χ3v) is 4.17. The zero-order chi connectivity index (χ0) is 20.8. The van der Waals surface area contributed by atoms with E-state index in [2.05, 4.69) is 5.32 Å². The van der Waals surface area contributed by atoms with Gasteiger partial charge in [-0.2, -0.15) is 0 Å². The van der Waals surface area contributed by atoms with Gasteiger partial charge in [0.25, 0.3) is 11.8 Å². The number of ether oxygens (including phenoxy) is 2. The molecule has 0 bridgehead atoms. The Morgan fingerprint density at radius 1 is 1.04 bits per heavy atom. The molecule has 0 saturated heterocycles. The lowest BCUT2D eigenvalue weighted by molar-refractivity contribution is 0.0695. The molecule has 0 radical (unpaired) electrons. The number of amides is 2. The largest absolute Gasteiger partial charge is 0.493 e. The number of carboxylic acid groups (broad SMARTS) is 1. The quantitative estimate of drug-likeness (QED) is 0.758. The number of hydrogen-bond acceptors (Lipinski definition) is 5. The second kappa shape index (κ2) is 8.90. The predicted molar refractivity (Wildman–Crippen MR) is 104 cm³/mol. The first-order valence-electron chi connectivity index (χ1n) is 8.48. The number of carbonyl (C=O) groups is 3. The second-order valence-corrected chi connectivity index (χ2v) is 5.92. The van der Waals surface area contributed by atoms with Crippen molar-refractivity contribution in [3.63, 3.8) is 0 Å². The van der Waals surface area contributed by atoms with E-state index < -0.39 is 11.9 Å². The molecule has 28 heavy (non-hydrogen) atoms. The van der Waals surface area contributed by atoms with E-state index in [-0.39, 0.29) is 34.2 Å². The van der Waals surface area contributed by atoms with Crippen LogP contribution >= 0.6 is 0 Å². The average molecular weight is 386 g/mol. The molecule has 0 aromatic heterocycles. The van der Waals surface area contributed by atoms with Gasteiger partial charge < -0.3 is 24.8 Å². The van der Waals surface area contributed by atoms with Gasteiger partial charge in [-0.25, -0.2) is 4.79 Å². The monoisotopic (exact) mass is 386 g/mol. The molecule has 0 aliphatic rings. The number of aromatic carboxylic acids is 1. The molecule has 2 aromatic carbocycles. The van der Waals surface area contributed by atoms with Crippen LogP contribution in [0.5, 0.6) is 11.5 Å². The number of methoxy groups -OCH3 is 2. The summed E-state index contributed by atoms with van der Waals surface area (Å²) in [4.78, 5) is 37.9. The van der Waals surface area contributed by atoms with Crippen molar-refractivity contribution in [2.45, 2.75) is 6.92 Å². The fourth-order valence-corrected chi connectivity index (χ4v) is 2.53. The van der Waals surface area contributed by atoms with E-state index >= 15 is 0 Å². The number of nitrogens with zero attached hydrogens (tertiary/aromatic N) is 1. The Morgan fingerprint density at radius 3 is 2.29 bits per heavy atom. The van der Waals surface area contributed by atoms with Crippen LogP contribution in [0.4, 0.5) is 5.69 Å². The van der Waals surface area contributed by atoms with Crippen molar-refractivity contribution in [2.24, 2.45) is 0 Å². The number of anilines is 1. The number of carbonyl (C=O) groups excluding carboxylic acids is 2. The Morgan fingerprint density at radius 2 is 1.71 bits per heavy atom. The molecule has 2 amide bonds. The zero-order valence-electron chi connectivity index (χ0n) is 16.1. The zero-order valence-corrected chi connectivity index (χ0v) is 16.1. The fourth-order valence-electron chi connectivity index (χ4n) is 2.53. The molecule has 0 spiro atoms. The van der Waals surface area contributed by atoms with Crippen LogP contribution in [0.25, 0.3) is 0 Å². The van der Waals surface area contributed by atoms with E-state index in [0.717, 1.165) is 0 Å². The Kier molecular flexibility index (Phi) is 6.59. The number of rotatable bonds is 7. The van der Waals surface area contributed by atoms with Gasteiger partial charge in [0.2, 0.25) is 0 Å². The highest BCUT2D eigenvalue weighted by Gasteiger charge is 2.19. The molecule has 8 heteroatoms. The summed E-state index contributed by atoms with van der Waals surface area (Å²) in [5, 5.41) is 11.9. The van der Waals surface area contributed by atoms with Crippen molar-refractivity contribution in [1.82, 2.24) is 4.90 Å². The van der Waals surface area contributed by atoms with E-state index in [1.807, 2.05) is 6.92 Å². The molecule has 2 aromatic rings. The fraction of sp³-hybridized carbons (Fsp3) is 0.250. The minimum atomic E-state index is -1.17. The second-order valence-electron chi connectivity index (χ2n) is 5.92. The van der Waals surface area contributed by atoms with Gasteiger partial charge >= 0.3 is 5.97 Å². The molecule has 0 unspecified atom stereocenters. The summed E-state index contributed by atoms with van der Waals surface area (Å²) in [5.41, 5.74) is 0.700. The highest BCUT2D eigenvalue weighted by molar-refractivity contribution is 6.07. The Labute approximate surface area is 162 Å². The molecule has 2 N–H and O–H groups in total. The first-order valence-corrected chi connectivity index (χ1v) is 8.48. The number of benzene rings is 2. The van der Waals surface area contributed by atoms with Crippen molar-refractivity contribution in [1.29, 1.82) is 0 Å². The van der Waals surface area contributed by atoms with Gasteiger partial charge in [0.05, 0.1) is 25.5 Å². The molecule has 0 aliphatic carbocycles. The van der Waals surface area contributed by atoms with Crippen LogP contribution in [-0.2, 0) is 0 Å². The first-order chi connectivity index (χ1) is 13.3. The summed E-state index contributed by atoms with van der Waals surface area (Å²) < 4.78 is 10.4. The summed E-state index contributed by atoms with van der Waals surface area (Å²) in [5.74, 6) is -1.53. The van der Waals surface area contributed by atoms with Gasteiger partial charge in [-0.05, 0) is 37.3 Å². The van der Waals surface area contributed by atoms with Gasteiger partial charge in [-0.1, -0.05) is 6.07 Å². The van der Waals surface area contributed by atoms with Crippen molar-refractivity contribution in [2.75, 3.05) is 33.1 Å². The van der Waals surface area contributed by atoms with Crippen LogP contribution in [-0.4, -0.2) is 55.6 Å². The highest BCUT2D eigenvalue weighted by Crippen LogP contribution is 2.37. The maximum Gasteiger partial charge on any atom is 0.335 e. The minimum absolute atomic E-state index is 0.0681. The lowest BCUT2D eigenvalue weighted by atomic mass is 10.1. The molecule has 2 rings (SSSR count). The summed E-state index contributed by atoms with van der Waals surface area (Å²) in [6, 6.07) is 8.85. The first kappa shape index (κ1) is 20.8. The molecule has 148 valence electrons. The summed E-state index contributed by atoms with van der Waals surface area (Å²) >= 11 is 0. The lowest BCUT2D eigenvalue weighted by Crippen LogP contribution is -2.26. The topological polar surface area (TPSA) is 105 Å². The Balaban J connectivity index is 2.38. The van der Waals surface area contributed by atoms with E-state index in [4.69, 9.17) is 9.47 Å². The van der Waals surface area contributed by atoms with E-state index in [0.29, 0.717) is 12.1 Å². The average Bonchev–Trinajstić information content (AvgIpc) is 2.71. The lowest BCUT2D eigenvalue weighted by Gasteiger charge is -2.16.